The Labute approximate surface area is 150 Å². The van der Waals surface area contributed by atoms with Crippen LogP contribution in [0.15, 0.2) is 12.4 Å². The van der Waals surface area contributed by atoms with Crippen LogP contribution < -0.4 is 4.74 Å². The Kier molecular flexibility index (Phi) is 4.91. The van der Waals surface area contributed by atoms with Crippen LogP contribution >= 0.6 is 0 Å². The average Bonchev–Trinajstić information content (AvgIpc) is 2.99. The van der Waals surface area contributed by atoms with Crippen molar-refractivity contribution in [2.75, 3.05) is 19.6 Å². The van der Waals surface area contributed by atoms with Gasteiger partial charge in [0.15, 0.2) is 5.75 Å². The molecular weight excluding hydrogens is 379 g/mol. The number of nitrogens with zero attached hydrogens (tertiary/aromatic N) is 4. The fourth-order valence-corrected chi connectivity index (χ4v) is 3.16. The quantitative estimate of drug-likeness (QED) is 0.720. The van der Waals surface area contributed by atoms with Gasteiger partial charge in [-0.25, -0.2) is 23.5 Å². The highest BCUT2D eigenvalue weighted by Crippen LogP contribution is 2.32. The normalized spacial score (nSPS) is 22.9. The molecule has 1 atom stereocenters. The number of ether oxygens (including phenoxy) is 1. The van der Waals surface area contributed by atoms with Crippen molar-refractivity contribution in [2.24, 2.45) is 0 Å². The van der Waals surface area contributed by atoms with E-state index in [0.717, 1.165) is 4.90 Å². The summed E-state index contributed by atoms with van der Waals surface area (Å²) in [5.74, 6) is -5.29. The predicted octanol–water partition coefficient (Wildman–Crippen LogP) is 2.33. The lowest BCUT2D eigenvalue weighted by Gasteiger charge is -2.40. The molecule has 0 radical (unpaired) electrons. The highest BCUT2D eigenvalue weighted by atomic mass is 19.4. The van der Waals surface area contributed by atoms with Gasteiger partial charge in [0.1, 0.15) is 0 Å². The van der Waals surface area contributed by atoms with E-state index in [1.165, 1.54) is 4.90 Å². The Morgan fingerprint density at radius 2 is 1.93 bits per heavy atom. The first kappa shape index (κ1) is 19.2. The van der Waals surface area contributed by atoms with Gasteiger partial charge >= 0.3 is 12.3 Å². The first-order valence-electron chi connectivity index (χ1n) is 8.08. The van der Waals surface area contributed by atoms with Crippen LogP contribution in [-0.2, 0) is 11.0 Å². The van der Waals surface area contributed by atoms with Crippen molar-refractivity contribution in [1.82, 2.24) is 19.8 Å². The SMILES string of the molecule is O=C(Oc1cnc(C(F)(F)F)nc1)N1C[C@H](N2CCCC2=O)CC(F)(F)C1. The molecule has 3 heterocycles. The first-order valence-corrected chi connectivity index (χ1v) is 8.08. The fraction of sp³-hybridized carbons (Fsp3) is 0.600. The van der Waals surface area contributed by atoms with Crippen LogP contribution in [0, 0.1) is 0 Å². The molecule has 148 valence electrons. The minimum atomic E-state index is -4.76. The van der Waals surface area contributed by atoms with Crippen LogP contribution in [0.25, 0.3) is 0 Å². The molecule has 7 nitrogen and oxygen atoms in total. The minimum Gasteiger partial charge on any atom is -0.407 e. The van der Waals surface area contributed by atoms with E-state index >= 15 is 0 Å². The molecule has 1 aromatic heterocycles. The maximum Gasteiger partial charge on any atom is 0.451 e. The second-order valence-electron chi connectivity index (χ2n) is 6.39. The Hall–Kier alpha value is -2.53. The number of hydrogen-bond donors (Lipinski definition) is 0. The smallest absolute Gasteiger partial charge is 0.407 e. The molecule has 0 N–H and O–H groups in total. The van der Waals surface area contributed by atoms with Crippen LogP contribution in [0.5, 0.6) is 5.75 Å². The van der Waals surface area contributed by atoms with Gasteiger partial charge < -0.3 is 9.64 Å². The van der Waals surface area contributed by atoms with E-state index < -0.39 is 48.8 Å². The molecule has 0 aliphatic carbocycles. The molecule has 2 aliphatic heterocycles. The molecule has 0 aromatic carbocycles. The van der Waals surface area contributed by atoms with Crippen molar-refractivity contribution in [3.05, 3.63) is 18.2 Å². The zero-order chi connectivity index (χ0) is 19.8. The van der Waals surface area contributed by atoms with Gasteiger partial charge in [0.05, 0.1) is 25.0 Å². The summed E-state index contributed by atoms with van der Waals surface area (Å²) in [5.41, 5.74) is 0. The number of hydrogen-bond acceptors (Lipinski definition) is 5. The molecule has 2 fully saturated rings. The summed E-state index contributed by atoms with van der Waals surface area (Å²) in [6.45, 7) is -0.720. The van der Waals surface area contributed by atoms with Gasteiger partial charge in [-0.15, -0.1) is 0 Å². The Balaban J connectivity index is 1.68. The van der Waals surface area contributed by atoms with E-state index in [1.54, 1.807) is 0 Å². The minimum absolute atomic E-state index is 0.151. The van der Waals surface area contributed by atoms with Crippen molar-refractivity contribution in [3.63, 3.8) is 0 Å². The van der Waals surface area contributed by atoms with Crippen molar-refractivity contribution in [1.29, 1.82) is 0 Å². The van der Waals surface area contributed by atoms with Gasteiger partial charge in [-0.2, -0.15) is 13.2 Å². The third-order valence-corrected chi connectivity index (χ3v) is 4.28. The number of carbonyl (C=O) groups is 2. The second-order valence-corrected chi connectivity index (χ2v) is 6.39. The second kappa shape index (κ2) is 6.89. The fourth-order valence-electron chi connectivity index (χ4n) is 3.16. The van der Waals surface area contributed by atoms with Crippen LogP contribution in [0.2, 0.25) is 0 Å². The summed E-state index contributed by atoms with van der Waals surface area (Å²) < 4.78 is 70.1. The van der Waals surface area contributed by atoms with Gasteiger partial charge in [0.2, 0.25) is 11.7 Å². The average molecular weight is 394 g/mol. The monoisotopic (exact) mass is 394 g/mol. The predicted molar refractivity (Wildman–Crippen MR) is 78.9 cm³/mol. The van der Waals surface area contributed by atoms with Crippen LogP contribution in [0.3, 0.4) is 0 Å². The number of aromatic nitrogens is 2. The van der Waals surface area contributed by atoms with Gasteiger partial charge in [0, 0.05) is 25.9 Å². The summed E-state index contributed by atoms with van der Waals surface area (Å²) in [7, 11) is 0. The van der Waals surface area contributed by atoms with Gasteiger partial charge in [-0.3, -0.25) is 9.69 Å². The van der Waals surface area contributed by atoms with E-state index in [4.69, 9.17) is 4.74 Å². The topological polar surface area (TPSA) is 75.6 Å². The van der Waals surface area contributed by atoms with E-state index in [-0.39, 0.29) is 18.9 Å². The number of alkyl halides is 5. The molecule has 3 rings (SSSR count). The Bertz CT molecular complexity index is 725. The third-order valence-electron chi connectivity index (χ3n) is 4.28. The van der Waals surface area contributed by atoms with E-state index in [9.17, 15) is 31.5 Å². The molecule has 2 amide bonds. The van der Waals surface area contributed by atoms with Crippen LogP contribution in [0.4, 0.5) is 26.7 Å². The summed E-state index contributed by atoms with van der Waals surface area (Å²) in [4.78, 5) is 32.1. The molecule has 27 heavy (non-hydrogen) atoms. The number of carbonyl (C=O) groups excluding carboxylic acids is 2. The third kappa shape index (κ3) is 4.42. The molecule has 0 saturated carbocycles. The zero-order valence-electron chi connectivity index (χ0n) is 13.9. The standard InChI is InChI=1S/C15H15F5N4O3/c16-14(17)4-9(24-3-1-2-11(24)25)7-23(8-14)13(26)27-10-5-21-12(22-6-10)15(18,19)20/h5-6,9H,1-4,7-8H2/t9-/m1/s1. The summed E-state index contributed by atoms with van der Waals surface area (Å²) in [5, 5.41) is 0. The first-order chi connectivity index (χ1) is 12.5. The molecule has 0 unspecified atom stereocenters. The summed E-state index contributed by atoms with van der Waals surface area (Å²) in [6.07, 6.45) is -4.38. The molecule has 0 spiro atoms. The van der Waals surface area contributed by atoms with Gasteiger partial charge in [-0.1, -0.05) is 0 Å². The highest BCUT2D eigenvalue weighted by Gasteiger charge is 2.46. The number of amides is 2. The lowest BCUT2D eigenvalue weighted by Crippen LogP contribution is -2.57. The molecule has 2 saturated heterocycles. The molecular formula is C15H15F5N4O3. The molecule has 1 aromatic rings. The highest BCUT2D eigenvalue weighted by molar-refractivity contribution is 5.78. The van der Waals surface area contributed by atoms with E-state index in [0.29, 0.717) is 25.4 Å². The van der Waals surface area contributed by atoms with Crippen molar-refractivity contribution >= 4 is 12.0 Å². The zero-order valence-corrected chi connectivity index (χ0v) is 13.9. The molecule has 2 aliphatic rings. The van der Waals surface area contributed by atoms with Crippen LogP contribution in [0.1, 0.15) is 25.1 Å². The van der Waals surface area contributed by atoms with Gasteiger partial charge in [-0.05, 0) is 6.42 Å². The van der Waals surface area contributed by atoms with Crippen molar-refractivity contribution in [2.45, 2.75) is 37.4 Å². The van der Waals surface area contributed by atoms with E-state index in [1.807, 2.05) is 0 Å². The molecule has 12 heteroatoms. The summed E-state index contributed by atoms with van der Waals surface area (Å²) in [6, 6.07) is -0.847. The Morgan fingerprint density at radius 3 is 2.48 bits per heavy atom. The van der Waals surface area contributed by atoms with E-state index in [2.05, 4.69) is 9.97 Å². The Morgan fingerprint density at radius 1 is 1.26 bits per heavy atom. The lowest BCUT2D eigenvalue weighted by atomic mass is 10.0. The van der Waals surface area contributed by atoms with Gasteiger partial charge in [0.25, 0.3) is 5.92 Å². The number of likely N-dealkylation sites (tertiary alicyclic amines) is 2. The van der Waals surface area contributed by atoms with Crippen molar-refractivity contribution in [3.8, 4) is 5.75 Å². The maximum atomic E-state index is 14.0. The van der Waals surface area contributed by atoms with Crippen LogP contribution in [-0.4, -0.2) is 63.4 Å². The number of piperidine rings is 1. The number of rotatable bonds is 2. The summed E-state index contributed by atoms with van der Waals surface area (Å²) >= 11 is 0. The lowest BCUT2D eigenvalue weighted by molar-refractivity contribution is -0.145. The maximum absolute atomic E-state index is 14.0. The number of halogens is 5. The molecule has 0 bridgehead atoms. The van der Waals surface area contributed by atoms with Crippen molar-refractivity contribution < 1.29 is 36.3 Å². The largest absolute Gasteiger partial charge is 0.451 e.